The van der Waals surface area contributed by atoms with Gasteiger partial charge in [0.25, 0.3) is 11.7 Å². The fourth-order valence-electron chi connectivity index (χ4n) is 1.22. The molecule has 0 saturated heterocycles. The zero-order chi connectivity index (χ0) is 11.3. The number of carbonyl (C=O) groups excluding carboxylic acids is 1. The largest absolute Gasteiger partial charge is 0.337 e. The summed E-state index contributed by atoms with van der Waals surface area (Å²) < 4.78 is 4.89. The quantitative estimate of drug-likeness (QED) is 0.758. The minimum atomic E-state index is -0.189. The first-order valence-corrected chi connectivity index (χ1v) is 4.99. The minimum Gasteiger partial charge on any atom is -0.337 e. The van der Waals surface area contributed by atoms with Gasteiger partial charge < -0.3 is 14.7 Å². The Hall–Kier alpha value is -1.43. The lowest BCUT2D eigenvalue weighted by molar-refractivity contribution is 0.0757. The standard InChI is InChI=1S/C9H16N4O2/c1-4-13(5-2)9(14)8-11-7(6-10-3)15-12-8/h10H,4-6H2,1-3H3. The van der Waals surface area contributed by atoms with Crippen molar-refractivity contribution >= 4 is 5.91 Å². The summed E-state index contributed by atoms with van der Waals surface area (Å²) >= 11 is 0. The van der Waals surface area contributed by atoms with Crippen LogP contribution < -0.4 is 5.32 Å². The molecule has 1 aromatic rings. The molecule has 0 spiro atoms. The van der Waals surface area contributed by atoms with Gasteiger partial charge in [-0.05, 0) is 20.9 Å². The third-order valence-corrected chi connectivity index (χ3v) is 2.04. The van der Waals surface area contributed by atoms with Crippen LogP contribution in [0.15, 0.2) is 4.52 Å². The Balaban J connectivity index is 2.73. The molecular formula is C9H16N4O2. The van der Waals surface area contributed by atoms with Crippen LogP contribution in [0.5, 0.6) is 0 Å². The van der Waals surface area contributed by atoms with E-state index in [2.05, 4.69) is 15.5 Å². The number of hydrogen-bond donors (Lipinski definition) is 1. The highest BCUT2D eigenvalue weighted by Crippen LogP contribution is 2.01. The maximum absolute atomic E-state index is 11.7. The van der Waals surface area contributed by atoms with E-state index >= 15 is 0 Å². The number of carbonyl (C=O) groups is 1. The third-order valence-electron chi connectivity index (χ3n) is 2.04. The van der Waals surface area contributed by atoms with E-state index in [4.69, 9.17) is 4.52 Å². The molecular weight excluding hydrogens is 196 g/mol. The Morgan fingerprint density at radius 2 is 2.13 bits per heavy atom. The fourth-order valence-corrected chi connectivity index (χ4v) is 1.22. The molecule has 1 aromatic heterocycles. The van der Waals surface area contributed by atoms with Gasteiger partial charge in [0, 0.05) is 13.1 Å². The van der Waals surface area contributed by atoms with E-state index in [0.717, 1.165) is 0 Å². The van der Waals surface area contributed by atoms with E-state index in [-0.39, 0.29) is 11.7 Å². The molecule has 0 radical (unpaired) electrons. The second-order valence-electron chi connectivity index (χ2n) is 3.02. The Kier molecular flexibility index (Phi) is 4.23. The molecule has 0 saturated carbocycles. The topological polar surface area (TPSA) is 71.3 Å². The van der Waals surface area contributed by atoms with Gasteiger partial charge >= 0.3 is 0 Å². The third kappa shape index (κ3) is 2.76. The van der Waals surface area contributed by atoms with Crippen LogP contribution in [-0.4, -0.2) is 41.1 Å². The number of aromatic nitrogens is 2. The summed E-state index contributed by atoms with van der Waals surface area (Å²) in [6.07, 6.45) is 0. The first-order chi connectivity index (χ1) is 7.22. The van der Waals surface area contributed by atoms with Crippen molar-refractivity contribution in [1.29, 1.82) is 0 Å². The molecule has 1 heterocycles. The second kappa shape index (κ2) is 5.45. The van der Waals surface area contributed by atoms with Crippen LogP contribution in [0, 0.1) is 0 Å². The fraction of sp³-hybridized carbons (Fsp3) is 0.667. The molecule has 84 valence electrons. The molecule has 6 nitrogen and oxygen atoms in total. The summed E-state index contributed by atoms with van der Waals surface area (Å²) in [7, 11) is 1.77. The Morgan fingerprint density at radius 3 is 2.67 bits per heavy atom. The van der Waals surface area contributed by atoms with Crippen LogP contribution >= 0.6 is 0 Å². The van der Waals surface area contributed by atoms with Crippen LogP contribution in [0.4, 0.5) is 0 Å². The zero-order valence-corrected chi connectivity index (χ0v) is 9.28. The van der Waals surface area contributed by atoms with Crippen molar-refractivity contribution < 1.29 is 9.32 Å². The number of nitrogens with one attached hydrogen (secondary N) is 1. The van der Waals surface area contributed by atoms with E-state index < -0.39 is 0 Å². The van der Waals surface area contributed by atoms with Crippen molar-refractivity contribution in [2.75, 3.05) is 20.1 Å². The molecule has 0 atom stereocenters. The number of hydrogen-bond acceptors (Lipinski definition) is 5. The highest BCUT2D eigenvalue weighted by molar-refractivity contribution is 5.90. The molecule has 1 N–H and O–H groups in total. The molecule has 0 fully saturated rings. The molecule has 0 aliphatic rings. The molecule has 0 aromatic carbocycles. The van der Waals surface area contributed by atoms with Crippen LogP contribution in [0.1, 0.15) is 30.4 Å². The van der Waals surface area contributed by atoms with Crippen LogP contribution in [0.3, 0.4) is 0 Å². The van der Waals surface area contributed by atoms with Gasteiger partial charge in [-0.15, -0.1) is 0 Å². The van der Waals surface area contributed by atoms with E-state index in [9.17, 15) is 4.79 Å². The first kappa shape index (κ1) is 11.6. The average molecular weight is 212 g/mol. The molecule has 15 heavy (non-hydrogen) atoms. The van der Waals surface area contributed by atoms with Gasteiger partial charge in [0.15, 0.2) is 0 Å². The highest BCUT2D eigenvalue weighted by atomic mass is 16.5. The van der Waals surface area contributed by atoms with Crippen LogP contribution in [0.2, 0.25) is 0 Å². The number of amides is 1. The minimum absolute atomic E-state index is 0.129. The van der Waals surface area contributed by atoms with E-state index in [1.54, 1.807) is 11.9 Å². The zero-order valence-electron chi connectivity index (χ0n) is 9.28. The lowest BCUT2D eigenvalue weighted by atomic mass is 10.4. The van der Waals surface area contributed by atoms with Crippen molar-refractivity contribution in [3.8, 4) is 0 Å². The monoisotopic (exact) mass is 212 g/mol. The molecule has 0 aliphatic heterocycles. The molecule has 6 heteroatoms. The lowest BCUT2D eigenvalue weighted by Gasteiger charge is -2.15. The maximum atomic E-state index is 11.7. The summed E-state index contributed by atoms with van der Waals surface area (Å²) in [5.74, 6) is 0.364. The summed E-state index contributed by atoms with van der Waals surface area (Å²) in [4.78, 5) is 17.4. The summed E-state index contributed by atoms with van der Waals surface area (Å²) in [5.41, 5.74) is 0. The average Bonchev–Trinajstić information content (AvgIpc) is 2.68. The lowest BCUT2D eigenvalue weighted by Crippen LogP contribution is -2.31. The molecule has 0 aliphatic carbocycles. The predicted molar refractivity (Wildman–Crippen MR) is 54.3 cm³/mol. The van der Waals surface area contributed by atoms with Crippen LogP contribution in [0.25, 0.3) is 0 Å². The Bertz CT molecular complexity index is 320. The summed E-state index contributed by atoms with van der Waals surface area (Å²) in [6, 6.07) is 0. The van der Waals surface area contributed by atoms with E-state index in [1.165, 1.54) is 0 Å². The van der Waals surface area contributed by atoms with Gasteiger partial charge in [-0.1, -0.05) is 5.16 Å². The van der Waals surface area contributed by atoms with Crippen LogP contribution in [-0.2, 0) is 6.54 Å². The normalized spacial score (nSPS) is 10.3. The van der Waals surface area contributed by atoms with Crippen molar-refractivity contribution in [2.24, 2.45) is 0 Å². The summed E-state index contributed by atoms with van der Waals surface area (Å²) in [6.45, 7) is 5.58. The van der Waals surface area contributed by atoms with Crippen molar-refractivity contribution in [3.63, 3.8) is 0 Å². The SMILES string of the molecule is CCN(CC)C(=O)c1noc(CNC)n1. The van der Waals surface area contributed by atoms with Gasteiger partial charge in [0.1, 0.15) is 0 Å². The van der Waals surface area contributed by atoms with E-state index in [0.29, 0.717) is 25.5 Å². The molecule has 0 unspecified atom stereocenters. The molecule has 1 amide bonds. The van der Waals surface area contributed by atoms with Gasteiger partial charge in [0.05, 0.1) is 6.54 Å². The molecule has 0 bridgehead atoms. The highest BCUT2D eigenvalue weighted by Gasteiger charge is 2.18. The van der Waals surface area contributed by atoms with Crippen molar-refractivity contribution in [1.82, 2.24) is 20.4 Å². The van der Waals surface area contributed by atoms with Gasteiger partial charge in [-0.2, -0.15) is 4.98 Å². The summed E-state index contributed by atoms with van der Waals surface area (Å²) in [5, 5.41) is 6.51. The molecule has 1 rings (SSSR count). The van der Waals surface area contributed by atoms with Gasteiger partial charge in [-0.3, -0.25) is 4.79 Å². The van der Waals surface area contributed by atoms with Gasteiger partial charge in [0.2, 0.25) is 5.89 Å². The Morgan fingerprint density at radius 1 is 1.47 bits per heavy atom. The first-order valence-electron chi connectivity index (χ1n) is 4.99. The van der Waals surface area contributed by atoms with Crippen molar-refractivity contribution in [2.45, 2.75) is 20.4 Å². The van der Waals surface area contributed by atoms with Crippen molar-refractivity contribution in [3.05, 3.63) is 11.7 Å². The maximum Gasteiger partial charge on any atom is 0.295 e. The van der Waals surface area contributed by atoms with E-state index in [1.807, 2.05) is 13.8 Å². The van der Waals surface area contributed by atoms with Gasteiger partial charge in [-0.25, -0.2) is 0 Å². The number of nitrogens with zero attached hydrogens (tertiary/aromatic N) is 3. The predicted octanol–water partition coefficient (Wildman–Crippen LogP) is 0.271. The Labute approximate surface area is 88.6 Å². The smallest absolute Gasteiger partial charge is 0.295 e. The number of rotatable bonds is 5. The second-order valence-corrected chi connectivity index (χ2v) is 3.02.